The van der Waals surface area contributed by atoms with E-state index in [4.69, 9.17) is 0 Å². The Balaban J connectivity index is 1.70. The first-order valence-corrected chi connectivity index (χ1v) is 7.64. The summed E-state index contributed by atoms with van der Waals surface area (Å²) in [7, 11) is 0. The zero-order chi connectivity index (χ0) is 17.7. The molecule has 0 radical (unpaired) electrons. The average Bonchev–Trinajstić information content (AvgIpc) is 3.07. The van der Waals surface area contributed by atoms with Crippen LogP contribution in [0.2, 0.25) is 0 Å². The van der Waals surface area contributed by atoms with E-state index in [1.54, 1.807) is 4.68 Å². The molecule has 0 fully saturated rings. The lowest BCUT2D eigenvalue weighted by Gasteiger charge is -2.07. The van der Waals surface area contributed by atoms with Gasteiger partial charge in [-0.1, -0.05) is 0 Å². The van der Waals surface area contributed by atoms with Crippen molar-refractivity contribution < 1.29 is 18.0 Å². The number of hydrogen-bond acceptors (Lipinski definition) is 3. The number of aromatic nitrogens is 4. The Morgan fingerprint density at radius 2 is 2.00 bits per heavy atom. The van der Waals surface area contributed by atoms with Crippen molar-refractivity contribution >= 4 is 5.91 Å². The molecular weight excluding hydrogens is 323 g/mol. The van der Waals surface area contributed by atoms with Crippen molar-refractivity contribution in [1.29, 1.82) is 0 Å². The van der Waals surface area contributed by atoms with Crippen LogP contribution in [0.25, 0.3) is 0 Å². The van der Waals surface area contributed by atoms with Crippen LogP contribution in [0.15, 0.2) is 18.3 Å². The number of halogens is 3. The quantitative estimate of drug-likeness (QED) is 0.785. The van der Waals surface area contributed by atoms with Gasteiger partial charge in [0.25, 0.3) is 0 Å². The first kappa shape index (κ1) is 18.0. The molecule has 2 rings (SSSR count). The number of nitrogens with one attached hydrogen (secondary N) is 1. The summed E-state index contributed by atoms with van der Waals surface area (Å²) >= 11 is 0. The molecule has 2 aromatic rings. The molecule has 24 heavy (non-hydrogen) atoms. The largest absolute Gasteiger partial charge is 0.435 e. The second-order valence-corrected chi connectivity index (χ2v) is 5.57. The molecule has 0 saturated heterocycles. The molecule has 6 nitrogen and oxygen atoms in total. The third kappa shape index (κ3) is 5.10. The fraction of sp³-hybridized carbons (Fsp3) is 0.533. The number of rotatable bonds is 7. The summed E-state index contributed by atoms with van der Waals surface area (Å²) in [4.78, 5) is 11.7. The lowest BCUT2D eigenvalue weighted by molar-refractivity contribution is -0.141. The zero-order valence-electron chi connectivity index (χ0n) is 13.6. The Hall–Kier alpha value is -2.32. The molecule has 0 spiro atoms. The molecule has 1 amide bonds. The van der Waals surface area contributed by atoms with Gasteiger partial charge in [-0.05, 0) is 32.4 Å². The molecule has 9 heteroatoms. The number of aryl methyl sites for hydroxylation is 4. The van der Waals surface area contributed by atoms with Gasteiger partial charge < -0.3 is 5.32 Å². The van der Waals surface area contributed by atoms with E-state index in [1.165, 1.54) is 11.6 Å². The van der Waals surface area contributed by atoms with Gasteiger partial charge in [0.15, 0.2) is 5.69 Å². The predicted octanol–water partition coefficient (Wildman–Crippen LogP) is 2.31. The molecule has 0 unspecified atom stereocenters. The van der Waals surface area contributed by atoms with E-state index in [9.17, 15) is 18.0 Å². The van der Waals surface area contributed by atoms with Gasteiger partial charge in [-0.25, -0.2) is 0 Å². The Morgan fingerprint density at radius 1 is 1.25 bits per heavy atom. The lowest BCUT2D eigenvalue weighted by Crippen LogP contribution is -2.26. The second kappa shape index (κ2) is 7.50. The fourth-order valence-corrected chi connectivity index (χ4v) is 2.23. The van der Waals surface area contributed by atoms with Crippen LogP contribution >= 0.6 is 0 Å². The van der Waals surface area contributed by atoms with Crippen molar-refractivity contribution in [3.63, 3.8) is 0 Å². The summed E-state index contributed by atoms with van der Waals surface area (Å²) in [6.45, 7) is 4.74. The third-order valence-corrected chi connectivity index (χ3v) is 3.48. The highest BCUT2D eigenvalue weighted by atomic mass is 19.4. The van der Waals surface area contributed by atoms with Gasteiger partial charge in [0.05, 0.1) is 5.69 Å². The molecule has 0 bridgehead atoms. The summed E-state index contributed by atoms with van der Waals surface area (Å²) in [5.41, 5.74) is 0.381. The van der Waals surface area contributed by atoms with Gasteiger partial charge in [0.1, 0.15) is 0 Å². The zero-order valence-corrected chi connectivity index (χ0v) is 13.6. The van der Waals surface area contributed by atoms with Crippen LogP contribution in [0, 0.1) is 13.8 Å². The summed E-state index contributed by atoms with van der Waals surface area (Å²) in [6.07, 6.45) is -1.79. The van der Waals surface area contributed by atoms with Gasteiger partial charge in [-0.15, -0.1) is 0 Å². The molecule has 0 atom stereocenters. The number of carbonyl (C=O) groups is 1. The van der Waals surface area contributed by atoms with E-state index in [0.717, 1.165) is 18.2 Å². The highest BCUT2D eigenvalue weighted by Gasteiger charge is 2.34. The van der Waals surface area contributed by atoms with Crippen molar-refractivity contribution in [2.24, 2.45) is 0 Å². The Morgan fingerprint density at radius 3 is 2.58 bits per heavy atom. The molecule has 0 aliphatic carbocycles. The van der Waals surface area contributed by atoms with E-state index >= 15 is 0 Å². The number of carbonyl (C=O) groups excluding carboxylic acids is 1. The van der Waals surface area contributed by atoms with Crippen LogP contribution in [-0.2, 0) is 24.1 Å². The van der Waals surface area contributed by atoms with Gasteiger partial charge >= 0.3 is 6.18 Å². The van der Waals surface area contributed by atoms with Crippen molar-refractivity contribution in [2.75, 3.05) is 6.54 Å². The molecular formula is C15H20F3N5O. The van der Waals surface area contributed by atoms with Crippen LogP contribution in [0.4, 0.5) is 13.2 Å². The fourth-order valence-electron chi connectivity index (χ4n) is 2.23. The normalized spacial score (nSPS) is 11.7. The Kier molecular flexibility index (Phi) is 5.63. The molecule has 2 heterocycles. The minimum atomic E-state index is -4.47. The SMILES string of the molecule is Cc1ccn(CCCNC(=O)CCn2nc(C(F)(F)F)cc2C)n1. The summed E-state index contributed by atoms with van der Waals surface area (Å²) < 4.78 is 40.7. The van der Waals surface area contributed by atoms with E-state index < -0.39 is 11.9 Å². The topological polar surface area (TPSA) is 64.7 Å². The van der Waals surface area contributed by atoms with E-state index in [2.05, 4.69) is 15.5 Å². The predicted molar refractivity (Wildman–Crippen MR) is 81.2 cm³/mol. The van der Waals surface area contributed by atoms with Gasteiger partial charge in [-0.3, -0.25) is 14.2 Å². The number of hydrogen-bond donors (Lipinski definition) is 1. The second-order valence-electron chi connectivity index (χ2n) is 5.57. The maximum absolute atomic E-state index is 12.6. The molecule has 1 N–H and O–H groups in total. The van der Waals surface area contributed by atoms with E-state index in [0.29, 0.717) is 18.8 Å². The molecule has 2 aromatic heterocycles. The Labute approximate surface area is 137 Å². The highest BCUT2D eigenvalue weighted by Crippen LogP contribution is 2.28. The third-order valence-electron chi connectivity index (χ3n) is 3.48. The van der Waals surface area contributed by atoms with Crippen molar-refractivity contribution in [2.45, 2.75) is 46.0 Å². The van der Waals surface area contributed by atoms with Crippen molar-refractivity contribution in [3.8, 4) is 0 Å². The molecule has 0 saturated carbocycles. The Bertz CT molecular complexity index is 690. The molecule has 132 valence electrons. The van der Waals surface area contributed by atoms with Crippen LogP contribution in [0.3, 0.4) is 0 Å². The van der Waals surface area contributed by atoms with Crippen LogP contribution < -0.4 is 5.32 Å². The summed E-state index contributed by atoms with van der Waals surface area (Å²) in [5.74, 6) is -0.213. The smallest absolute Gasteiger partial charge is 0.356 e. The number of amides is 1. The molecule has 0 aromatic carbocycles. The van der Waals surface area contributed by atoms with Crippen LogP contribution in [0.5, 0.6) is 0 Å². The minimum Gasteiger partial charge on any atom is -0.356 e. The summed E-state index contributed by atoms with van der Waals surface area (Å²) in [6, 6.07) is 2.88. The lowest BCUT2D eigenvalue weighted by atomic mass is 10.3. The van der Waals surface area contributed by atoms with Gasteiger partial charge in [-0.2, -0.15) is 23.4 Å². The van der Waals surface area contributed by atoms with Gasteiger partial charge in [0.2, 0.25) is 5.91 Å². The van der Waals surface area contributed by atoms with Crippen LogP contribution in [0.1, 0.15) is 29.9 Å². The van der Waals surface area contributed by atoms with E-state index in [1.807, 2.05) is 19.2 Å². The standard InChI is InChI=1S/C15H20F3N5O/c1-11-4-8-22(20-11)7-3-6-19-14(24)5-9-23-12(2)10-13(21-23)15(16,17)18/h4,8,10H,3,5-7,9H2,1-2H3,(H,19,24). The monoisotopic (exact) mass is 343 g/mol. The van der Waals surface area contributed by atoms with Crippen molar-refractivity contribution in [3.05, 3.63) is 35.4 Å². The van der Waals surface area contributed by atoms with E-state index in [-0.39, 0.29) is 18.9 Å². The average molecular weight is 343 g/mol. The maximum Gasteiger partial charge on any atom is 0.435 e. The highest BCUT2D eigenvalue weighted by molar-refractivity contribution is 5.75. The number of nitrogens with zero attached hydrogens (tertiary/aromatic N) is 4. The minimum absolute atomic E-state index is 0.0840. The summed E-state index contributed by atoms with van der Waals surface area (Å²) in [5, 5.41) is 10.5. The van der Waals surface area contributed by atoms with Crippen molar-refractivity contribution in [1.82, 2.24) is 24.9 Å². The van der Waals surface area contributed by atoms with Gasteiger partial charge in [0, 0.05) is 37.9 Å². The maximum atomic E-state index is 12.6. The molecule has 0 aliphatic rings. The molecule has 0 aliphatic heterocycles. The first-order valence-electron chi connectivity index (χ1n) is 7.64. The van der Waals surface area contributed by atoms with Crippen LogP contribution in [-0.4, -0.2) is 32.0 Å². The first-order chi connectivity index (χ1) is 11.3. The number of alkyl halides is 3.